The lowest BCUT2D eigenvalue weighted by molar-refractivity contribution is 0.101. The fraction of sp³-hybridized carbons (Fsp3) is 0.500. The van der Waals surface area contributed by atoms with E-state index in [9.17, 15) is 4.79 Å². The molecule has 0 unspecified atom stereocenters. The molecule has 0 saturated carbocycles. The number of hydrogen-bond donors (Lipinski definition) is 0. The molecule has 1 saturated heterocycles. The first-order valence-corrected chi connectivity index (χ1v) is 5.58. The second kappa shape index (κ2) is 4.11. The number of morpholine rings is 1. The topological polar surface area (TPSA) is 29.5 Å². The number of anilines is 1. The number of ether oxygens (including phenoxy) is 1. The molecule has 3 nitrogen and oxygen atoms in total. The predicted octanol–water partition coefficient (Wildman–Crippen LogP) is 1.79. The maximum absolute atomic E-state index is 11.3. The van der Waals surface area contributed by atoms with E-state index in [0.29, 0.717) is 0 Å². The van der Waals surface area contributed by atoms with Crippen molar-refractivity contribution in [2.75, 3.05) is 31.2 Å². The second-order valence-electron chi connectivity index (χ2n) is 3.29. The molecule has 1 aliphatic rings. The first kappa shape index (κ1) is 9.68. The Bertz CT molecular complexity index is 329. The van der Waals surface area contributed by atoms with E-state index in [2.05, 4.69) is 4.90 Å². The Morgan fingerprint density at radius 3 is 2.86 bits per heavy atom. The lowest BCUT2D eigenvalue weighted by atomic mass is 10.2. The Kier molecular flexibility index (Phi) is 2.84. The van der Waals surface area contributed by atoms with Crippen LogP contribution in [0.1, 0.15) is 16.6 Å². The Morgan fingerprint density at radius 1 is 1.50 bits per heavy atom. The van der Waals surface area contributed by atoms with Crippen LogP contribution < -0.4 is 4.90 Å². The van der Waals surface area contributed by atoms with Crippen LogP contribution in [0.5, 0.6) is 0 Å². The molecule has 14 heavy (non-hydrogen) atoms. The summed E-state index contributed by atoms with van der Waals surface area (Å²) < 4.78 is 5.27. The van der Waals surface area contributed by atoms with Gasteiger partial charge in [-0.3, -0.25) is 4.79 Å². The zero-order valence-corrected chi connectivity index (χ0v) is 8.97. The molecule has 1 aliphatic heterocycles. The number of nitrogens with zero attached hydrogens (tertiary/aromatic N) is 1. The minimum atomic E-state index is 0.154. The third kappa shape index (κ3) is 1.81. The molecule has 0 amide bonds. The van der Waals surface area contributed by atoms with Crippen LogP contribution in [-0.2, 0) is 4.74 Å². The zero-order chi connectivity index (χ0) is 9.97. The van der Waals surface area contributed by atoms with Gasteiger partial charge in [-0.1, -0.05) is 0 Å². The van der Waals surface area contributed by atoms with Crippen molar-refractivity contribution in [2.45, 2.75) is 6.92 Å². The van der Waals surface area contributed by atoms with E-state index in [4.69, 9.17) is 4.74 Å². The Morgan fingerprint density at radius 2 is 2.21 bits per heavy atom. The summed E-state index contributed by atoms with van der Waals surface area (Å²) in [6.07, 6.45) is 0. The minimum Gasteiger partial charge on any atom is -0.378 e. The van der Waals surface area contributed by atoms with E-state index < -0.39 is 0 Å². The van der Waals surface area contributed by atoms with Crippen molar-refractivity contribution in [3.63, 3.8) is 0 Å². The van der Waals surface area contributed by atoms with Gasteiger partial charge in [0.25, 0.3) is 0 Å². The smallest absolute Gasteiger partial charge is 0.171 e. The zero-order valence-electron chi connectivity index (χ0n) is 8.16. The van der Waals surface area contributed by atoms with Crippen molar-refractivity contribution < 1.29 is 9.53 Å². The van der Waals surface area contributed by atoms with Crippen molar-refractivity contribution in [1.29, 1.82) is 0 Å². The van der Waals surface area contributed by atoms with Crippen LogP contribution >= 0.6 is 11.3 Å². The van der Waals surface area contributed by atoms with Crippen LogP contribution in [0.15, 0.2) is 11.4 Å². The summed E-state index contributed by atoms with van der Waals surface area (Å²) in [5.41, 5.74) is 1.07. The van der Waals surface area contributed by atoms with Crippen LogP contribution in [0.3, 0.4) is 0 Å². The maximum atomic E-state index is 11.3. The number of hydrogen-bond acceptors (Lipinski definition) is 4. The summed E-state index contributed by atoms with van der Waals surface area (Å²) in [7, 11) is 0. The van der Waals surface area contributed by atoms with Crippen molar-refractivity contribution in [2.24, 2.45) is 0 Å². The van der Waals surface area contributed by atoms with E-state index in [1.807, 2.05) is 11.4 Å². The molecule has 4 heteroatoms. The molecule has 2 heterocycles. The SMILES string of the molecule is CC(=O)c1sccc1N1CCOCC1. The van der Waals surface area contributed by atoms with Gasteiger partial charge in [-0.25, -0.2) is 0 Å². The fourth-order valence-electron chi connectivity index (χ4n) is 1.62. The number of rotatable bonds is 2. The van der Waals surface area contributed by atoms with Crippen LogP contribution in [0.25, 0.3) is 0 Å². The van der Waals surface area contributed by atoms with Crippen LogP contribution in [0.4, 0.5) is 5.69 Å². The van der Waals surface area contributed by atoms with E-state index >= 15 is 0 Å². The number of thiophene rings is 1. The van der Waals surface area contributed by atoms with Crippen LogP contribution in [0, 0.1) is 0 Å². The molecule has 0 radical (unpaired) electrons. The van der Waals surface area contributed by atoms with Gasteiger partial charge in [-0.05, 0) is 11.4 Å². The van der Waals surface area contributed by atoms with Gasteiger partial charge in [0.1, 0.15) is 0 Å². The molecule has 1 aromatic rings. The van der Waals surface area contributed by atoms with E-state index in [1.165, 1.54) is 11.3 Å². The van der Waals surface area contributed by atoms with E-state index in [1.54, 1.807) is 6.92 Å². The summed E-state index contributed by atoms with van der Waals surface area (Å²) in [5, 5.41) is 1.97. The van der Waals surface area contributed by atoms with Crippen molar-refractivity contribution in [3.8, 4) is 0 Å². The monoisotopic (exact) mass is 211 g/mol. The highest BCUT2D eigenvalue weighted by molar-refractivity contribution is 7.12. The first-order valence-electron chi connectivity index (χ1n) is 4.70. The van der Waals surface area contributed by atoms with Gasteiger partial charge >= 0.3 is 0 Å². The largest absolute Gasteiger partial charge is 0.378 e. The summed E-state index contributed by atoms with van der Waals surface area (Å²) in [4.78, 5) is 14.4. The van der Waals surface area contributed by atoms with Gasteiger partial charge in [-0.2, -0.15) is 0 Å². The highest BCUT2D eigenvalue weighted by Gasteiger charge is 2.17. The Balaban J connectivity index is 2.21. The number of Topliss-reactive ketones (excluding diaryl/α,β-unsaturated/α-hetero) is 1. The average Bonchev–Trinajstić information content (AvgIpc) is 2.67. The van der Waals surface area contributed by atoms with Crippen molar-refractivity contribution >= 4 is 22.8 Å². The summed E-state index contributed by atoms with van der Waals surface area (Å²) >= 11 is 1.52. The molecule has 76 valence electrons. The Hall–Kier alpha value is -0.870. The molecule has 0 aliphatic carbocycles. The summed E-state index contributed by atoms with van der Waals surface area (Å²) in [6.45, 7) is 4.91. The number of ketones is 1. The van der Waals surface area contributed by atoms with E-state index in [-0.39, 0.29) is 5.78 Å². The van der Waals surface area contributed by atoms with Crippen LogP contribution in [-0.4, -0.2) is 32.1 Å². The molecule has 2 rings (SSSR count). The average molecular weight is 211 g/mol. The second-order valence-corrected chi connectivity index (χ2v) is 4.21. The van der Waals surface area contributed by atoms with Gasteiger partial charge in [0.05, 0.1) is 23.8 Å². The predicted molar refractivity (Wildman–Crippen MR) is 57.4 cm³/mol. The third-order valence-corrected chi connectivity index (χ3v) is 3.32. The van der Waals surface area contributed by atoms with Gasteiger partial charge in [0, 0.05) is 20.0 Å². The van der Waals surface area contributed by atoms with Gasteiger partial charge < -0.3 is 9.64 Å². The molecule has 0 bridgehead atoms. The lowest BCUT2D eigenvalue weighted by Gasteiger charge is -2.28. The molecule has 0 N–H and O–H groups in total. The molecule has 1 fully saturated rings. The summed E-state index contributed by atoms with van der Waals surface area (Å²) in [6, 6.07) is 2.02. The molecule has 1 aromatic heterocycles. The highest BCUT2D eigenvalue weighted by atomic mass is 32.1. The maximum Gasteiger partial charge on any atom is 0.171 e. The van der Waals surface area contributed by atoms with Gasteiger partial charge in [0.2, 0.25) is 0 Å². The van der Waals surface area contributed by atoms with Crippen molar-refractivity contribution in [1.82, 2.24) is 0 Å². The van der Waals surface area contributed by atoms with Gasteiger partial charge in [-0.15, -0.1) is 11.3 Å². The quantitative estimate of drug-likeness (QED) is 0.698. The molecular weight excluding hydrogens is 198 g/mol. The van der Waals surface area contributed by atoms with Gasteiger partial charge in [0.15, 0.2) is 5.78 Å². The molecular formula is C10H13NO2S. The standard InChI is InChI=1S/C10H13NO2S/c1-8(12)10-9(2-7-14-10)11-3-5-13-6-4-11/h2,7H,3-6H2,1H3. The minimum absolute atomic E-state index is 0.154. The Labute approximate surface area is 87.3 Å². The highest BCUT2D eigenvalue weighted by Crippen LogP contribution is 2.27. The van der Waals surface area contributed by atoms with Crippen molar-refractivity contribution in [3.05, 3.63) is 16.3 Å². The molecule has 0 atom stereocenters. The van der Waals surface area contributed by atoms with E-state index in [0.717, 1.165) is 36.9 Å². The van der Waals surface area contributed by atoms with Crippen LogP contribution in [0.2, 0.25) is 0 Å². The normalized spacial score (nSPS) is 17.1. The fourth-order valence-corrected chi connectivity index (χ4v) is 2.44. The number of carbonyl (C=O) groups excluding carboxylic acids is 1. The third-order valence-electron chi connectivity index (χ3n) is 2.32. The molecule has 0 spiro atoms. The number of carbonyl (C=O) groups is 1. The first-order chi connectivity index (χ1) is 6.79. The molecule has 0 aromatic carbocycles. The summed E-state index contributed by atoms with van der Waals surface area (Å²) in [5.74, 6) is 0.154. The lowest BCUT2D eigenvalue weighted by Crippen LogP contribution is -2.36.